The molecule has 9 rings (SSSR count). The molecule has 2 heterocycles. The van der Waals surface area contributed by atoms with Crippen LogP contribution in [0.25, 0.3) is 0 Å². The van der Waals surface area contributed by atoms with Gasteiger partial charge in [0, 0.05) is 24.9 Å². The SMILES string of the molecule is COCC12c3ccccc3C(c3ccccc31)[C@H]1[C@@H]2[C@H](OC(=O)[C@H]2C[C@H]3C=C[C@@H]2C3)[C@@H]2OC[C@H]1O2. The highest BCUT2D eigenvalue weighted by atomic mass is 16.7. The number of methoxy groups -OCH3 is 1. The van der Waals surface area contributed by atoms with Crippen molar-refractivity contribution in [3.8, 4) is 0 Å². The van der Waals surface area contributed by atoms with Crippen LogP contribution in [0, 0.1) is 29.6 Å². The van der Waals surface area contributed by atoms with Crippen molar-refractivity contribution in [3.05, 3.63) is 82.9 Å². The molecule has 0 spiro atoms. The number of esters is 1. The lowest BCUT2D eigenvalue weighted by atomic mass is 9.44. The molecule has 2 aromatic carbocycles. The van der Waals surface area contributed by atoms with Crippen LogP contribution in [-0.4, -0.2) is 44.8 Å². The Kier molecular flexibility index (Phi) is 4.31. The Balaban J connectivity index is 1.29. The Labute approximate surface area is 205 Å². The van der Waals surface area contributed by atoms with Gasteiger partial charge < -0.3 is 18.9 Å². The van der Waals surface area contributed by atoms with Gasteiger partial charge in [0.15, 0.2) is 12.4 Å². The van der Waals surface area contributed by atoms with Crippen molar-refractivity contribution in [2.75, 3.05) is 20.3 Å². The number of hydrogen-bond acceptors (Lipinski definition) is 5. The van der Waals surface area contributed by atoms with Gasteiger partial charge in [0.05, 0.1) is 30.7 Å². The highest BCUT2D eigenvalue weighted by Crippen LogP contribution is 2.66. The molecule has 0 unspecified atom stereocenters. The van der Waals surface area contributed by atoms with Crippen molar-refractivity contribution in [1.82, 2.24) is 0 Å². The van der Waals surface area contributed by atoms with Crippen molar-refractivity contribution in [2.24, 2.45) is 29.6 Å². The molecule has 2 saturated heterocycles. The molecule has 35 heavy (non-hydrogen) atoms. The van der Waals surface area contributed by atoms with Crippen LogP contribution in [0.1, 0.15) is 41.0 Å². The molecular formula is C30H30O5. The van der Waals surface area contributed by atoms with Crippen LogP contribution in [0.5, 0.6) is 0 Å². The maximum atomic E-state index is 13.6. The third-order valence-corrected chi connectivity index (χ3v) is 9.91. The van der Waals surface area contributed by atoms with E-state index in [9.17, 15) is 4.79 Å². The quantitative estimate of drug-likeness (QED) is 0.496. The van der Waals surface area contributed by atoms with Crippen LogP contribution in [0.4, 0.5) is 0 Å². The summed E-state index contributed by atoms with van der Waals surface area (Å²) >= 11 is 0. The molecule has 180 valence electrons. The van der Waals surface area contributed by atoms with E-state index in [4.69, 9.17) is 18.9 Å². The predicted molar refractivity (Wildman–Crippen MR) is 128 cm³/mol. The normalized spacial score (nSPS) is 43.1. The summed E-state index contributed by atoms with van der Waals surface area (Å²) in [6.45, 7) is 1.07. The number of fused-ring (bicyclic) bond motifs is 4. The fourth-order valence-corrected chi connectivity index (χ4v) is 8.78. The number of ether oxygens (including phenoxy) is 4. The Morgan fingerprint density at radius 3 is 2.43 bits per heavy atom. The summed E-state index contributed by atoms with van der Waals surface area (Å²) in [5.74, 6) is 1.06. The van der Waals surface area contributed by atoms with Gasteiger partial charge in [-0.05, 0) is 46.9 Å². The largest absolute Gasteiger partial charge is 0.456 e. The first-order chi connectivity index (χ1) is 17.2. The molecule has 6 bridgehead atoms. The van der Waals surface area contributed by atoms with Crippen molar-refractivity contribution in [3.63, 3.8) is 0 Å². The van der Waals surface area contributed by atoms with E-state index in [0.29, 0.717) is 25.0 Å². The summed E-state index contributed by atoms with van der Waals surface area (Å²) in [6, 6.07) is 17.6. The van der Waals surface area contributed by atoms with Gasteiger partial charge in [-0.25, -0.2) is 0 Å². The number of rotatable bonds is 4. The lowest BCUT2D eigenvalue weighted by Gasteiger charge is -2.61. The monoisotopic (exact) mass is 470 g/mol. The summed E-state index contributed by atoms with van der Waals surface area (Å²) in [4.78, 5) is 13.6. The van der Waals surface area contributed by atoms with Gasteiger partial charge in [-0.3, -0.25) is 4.79 Å². The van der Waals surface area contributed by atoms with Gasteiger partial charge in [0.1, 0.15) is 0 Å². The van der Waals surface area contributed by atoms with Crippen LogP contribution >= 0.6 is 0 Å². The maximum absolute atomic E-state index is 13.6. The minimum atomic E-state index is -0.522. The lowest BCUT2D eigenvalue weighted by molar-refractivity contribution is -0.232. The van der Waals surface area contributed by atoms with Gasteiger partial charge in [-0.1, -0.05) is 60.7 Å². The van der Waals surface area contributed by atoms with Crippen molar-refractivity contribution in [1.29, 1.82) is 0 Å². The van der Waals surface area contributed by atoms with E-state index in [-0.39, 0.29) is 35.7 Å². The van der Waals surface area contributed by atoms with Crippen molar-refractivity contribution < 1.29 is 23.7 Å². The summed E-state index contributed by atoms with van der Waals surface area (Å²) in [7, 11) is 1.78. The van der Waals surface area contributed by atoms with Crippen LogP contribution in [0.15, 0.2) is 60.7 Å². The third-order valence-electron chi connectivity index (χ3n) is 9.91. The Hall–Kier alpha value is -2.47. The van der Waals surface area contributed by atoms with Crippen LogP contribution in [0.3, 0.4) is 0 Å². The second-order valence-electron chi connectivity index (χ2n) is 11.3. The standard InChI is InChI=1S/C30H30O5/c1-32-15-30-21-8-4-2-6-18(21)24(19-7-3-5-9-22(19)30)25-23-14-33-29(34-23)27(26(25)30)35-28(31)20-13-16-10-11-17(20)12-16/h2-11,16-17,20,23-27,29H,12-15H2,1H3/t16-,17+,20-,23+,24?,25-,26+,27-,29+,30?/m0/s1. The van der Waals surface area contributed by atoms with E-state index in [1.807, 2.05) is 0 Å². The Bertz CT molecular complexity index is 1190. The average Bonchev–Trinajstić information content (AvgIpc) is 3.64. The molecule has 5 aliphatic carbocycles. The predicted octanol–water partition coefficient (Wildman–Crippen LogP) is 4.19. The molecule has 0 radical (unpaired) electrons. The fraction of sp³-hybridized carbons (Fsp3) is 0.500. The molecule has 5 heteroatoms. The van der Waals surface area contributed by atoms with Crippen LogP contribution in [0.2, 0.25) is 0 Å². The lowest BCUT2D eigenvalue weighted by Crippen LogP contribution is -2.65. The molecular weight excluding hydrogens is 440 g/mol. The third kappa shape index (κ3) is 2.57. The zero-order chi connectivity index (χ0) is 23.3. The first-order valence-corrected chi connectivity index (χ1v) is 13.0. The molecule has 8 atom stereocenters. The first-order valence-electron chi connectivity index (χ1n) is 13.0. The zero-order valence-corrected chi connectivity index (χ0v) is 19.8. The minimum absolute atomic E-state index is 0.0201. The Morgan fingerprint density at radius 1 is 1.03 bits per heavy atom. The fourth-order valence-electron chi connectivity index (χ4n) is 8.78. The number of allylic oxidation sites excluding steroid dienone is 2. The van der Waals surface area contributed by atoms with Gasteiger partial charge in [0.25, 0.3) is 0 Å². The van der Waals surface area contributed by atoms with E-state index in [0.717, 1.165) is 12.8 Å². The van der Waals surface area contributed by atoms with Crippen LogP contribution < -0.4 is 0 Å². The zero-order valence-electron chi connectivity index (χ0n) is 19.8. The second-order valence-corrected chi connectivity index (χ2v) is 11.3. The second kappa shape index (κ2) is 7.28. The molecule has 2 aromatic rings. The molecule has 0 aromatic heterocycles. The van der Waals surface area contributed by atoms with Gasteiger partial charge >= 0.3 is 5.97 Å². The van der Waals surface area contributed by atoms with Gasteiger partial charge in [-0.2, -0.15) is 0 Å². The molecule has 0 N–H and O–H groups in total. The highest BCUT2D eigenvalue weighted by molar-refractivity contribution is 5.74. The smallest absolute Gasteiger partial charge is 0.310 e. The first kappa shape index (κ1) is 20.7. The average molecular weight is 471 g/mol. The number of carbonyl (C=O) groups excluding carboxylic acids is 1. The maximum Gasteiger partial charge on any atom is 0.310 e. The topological polar surface area (TPSA) is 54.0 Å². The molecule has 3 fully saturated rings. The summed E-state index contributed by atoms with van der Waals surface area (Å²) in [5, 5.41) is 0. The Morgan fingerprint density at radius 2 is 1.77 bits per heavy atom. The molecule has 5 nitrogen and oxygen atoms in total. The van der Waals surface area contributed by atoms with E-state index < -0.39 is 17.8 Å². The van der Waals surface area contributed by atoms with Crippen LogP contribution in [-0.2, 0) is 29.2 Å². The van der Waals surface area contributed by atoms with Crippen molar-refractivity contribution >= 4 is 5.97 Å². The van der Waals surface area contributed by atoms with Gasteiger partial charge in [-0.15, -0.1) is 0 Å². The molecule has 0 amide bonds. The molecule has 1 saturated carbocycles. The van der Waals surface area contributed by atoms with Crippen molar-refractivity contribution in [2.45, 2.75) is 42.7 Å². The number of carbonyl (C=O) groups is 1. The number of hydrogen-bond donors (Lipinski definition) is 0. The molecule has 7 aliphatic rings. The minimum Gasteiger partial charge on any atom is -0.456 e. The summed E-state index contributed by atoms with van der Waals surface area (Å²) in [5.41, 5.74) is 4.88. The summed E-state index contributed by atoms with van der Waals surface area (Å²) < 4.78 is 25.2. The highest BCUT2D eigenvalue weighted by Gasteiger charge is 2.68. The summed E-state index contributed by atoms with van der Waals surface area (Å²) in [6.07, 6.45) is 5.44. The van der Waals surface area contributed by atoms with Gasteiger partial charge in [0.2, 0.25) is 0 Å². The molecule has 2 aliphatic heterocycles. The van der Waals surface area contributed by atoms with E-state index in [1.165, 1.54) is 22.3 Å². The number of benzene rings is 2. The van der Waals surface area contributed by atoms with E-state index in [2.05, 4.69) is 60.7 Å². The van der Waals surface area contributed by atoms with E-state index in [1.54, 1.807) is 7.11 Å². The van der Waals surface area contributed by atoms with E-state index >= 15 is 0 Å².